The first-order valence-electron chi connectivity index (χ1n) is 10.4. The van der Waals surface area contributed by atoms with Crippen LogP contribution in [0.4, 0.5) is 0 Å². The van der Waals surface area contributed by atoms with Crippen LogP contribution >= 0.6 is 0 Å². The maximum absolute atomic E-state index is 6.02. The van der Waals surface area contributed by atoms with Gasteiger partial charge >= 0.3 is 0 Å². The molecule has 0 aromatic rings. The fraction of sp³-hybridized carbons (Fsp3) is 1.00. The summed E-state index contributed by atoms with van der Waals surface area (Å²) < 4.78 is 22.5. The molecule has 4 nitrogen and oxygen atoms in total. The van der Waals surface area contributed by atoms with Gasteiger partial charge in [-0.25, -0.2) is 0 Å². The quantitative estimate of drug-likeness (QED) is 0.473. The highest BCUT2D eigenvalue weighted by Crippen LogP contribution is 2.49. The lowest BCUT2D eigenvalue weighted by Gasteiger charge is -2.46. The van der Waals surface area contributed by atoms with Crippen LogP contribution in [-0.2, 0) is 18.9 Å². The Kier molecular flexibility index (Phi) is 6.81. The summed E-state index contributed by atoms with van der Waals surface area (Å²) in [6, 6.07) is 0. The molecule has 0 aromatic heterocycles. The summed E-state index contributed by atoms with van der Waals surface area (Å²) in [4.78, 5) is 0. The fourth-order valence-corrected chi connectivity index (χ4v) is 4.98. The fourth-order valence-electron chi connectivity index (χ4n) is 4.98. The van der Waals surface area contributed by atoms with Gasteiger partial charge in [-0.3, -0.25) is 0 Å². The van der Waals surface area contributed by atoms with E-state index in [1.165, 1.54) is 51.4 Å². The molecular weight excluding hydrogens is 316 g/mol. The van der Waals surface area contributed by atoms with Gasteiger partial charge in [0.1, 0.15) is 6.10 Å². The van der Waals surface area contributed by atoms with Crippen LogP contribution in [0.2, 0.25) is 0 Å². The summed E-state index contributed by atoms with van der Waals surface area (Å²) in [5, 5.41) is 0. The van der Waals surface area contributed by atoms with E-state index in [2.05, 4.69) is 13.8 Å². The Morgan fingerprint density at radius 2 is 1.44 bits per heavy atom. The van der Waals surface area contributed by atoms with E-state index in [9.17, 15) is 0 Å². The van der Waals surface area contributed by atoms with Crippen LogP contribution in [0.25, 0.3) is 0 Å². The Morgan fingerprint density at radius 3 is 1.92 bits per heavy atom. The predicted molar refractivity (Wildman–Crippen MR) is 98.5 cm³/mol. The molecule has 1 aliphatic heterocycles. The van der Waals surface area contributed by atoms with Crippen molar-refractivity contribution in [3.05, 3.63) is 0 Å². The van der Waals surface area contributed by atoms with Crippen LogP contribution in [0.3, 0.4) is 0 Å². The Balaban J connectivity index is 1.41. The highest BCUT2D eigenvalue weighted by atomic mass is 16.7. The van der Waals surface area contributed by atoms with E-state index in [-0.39, 0.29) is 6.29 Å². The Morgan fingerprint density at radius 1 is 0.920 bits per heavy atom. The molecule has 3 fully saturated rings. The van der Waals surface area contributed by atoms with Gasteiger partial charge < -0.3 is 18.9 Å². The first-order valence-corrected chi connectivity index (χ1v) is 10.4. The Bertz CT molecular complexity index is 391. The van der Waals surface area contributed by atoms with Crippen molar-refractivity contribution in [2.45, 2.75) is 96.7 Å². The van der Waals surface area contributed by atoms with Crippen LogP contribution in [-0.4, -0.2) is 44.9 Å². The highest BCUT2D eigenvalue weighted by molar-refractivity contribution is 4.91. The standard InChI is InChI=1S/C21H38O4/c1-15(22-4)25-19-11-7-17(8-12-19)21(2,3)16-5-9-18(10-6-16)23-13-20-14-24-20/h15-20H,5-14H2,1-4H3. The minimum Gasteiger partial charge on any atom is -0.375 e. The SMILES string of the molecule is COC(C)OC1CCC(C(C)(C)C2CCC(OCC3CO3)CC2)CC1. The third kappa shape index (κ3) is 5.41. The van der Waals surface area contributed by atoms with E-state index in [4.69, 9.17) is 18.9 Å². The second-order valence-corrected chi connectivity index (χ2v) is 9.00. The van der Waals surface area contributed by atoms with Crippen molar-refractivity contribution in [3.8, 4) is 0 Å². The van der Waals surface area contributed by atoms with E-state index >= 15 is 0 Å². The molecular formula is C21H38O4. The molecule has 146 valence electrons. The zero-order valence-electron chi connectivity index (χ0n) is 16.7. The maximum atomic E-state index is 6.02. The summed E-state index contributed by atoms with van der Waals surface area (Å²) in [6.45, 7) is 8.73. The molecule has 1 heterocycles. The van der Waals surface area contributed by atoms with Crippen molar-refractivity contribution in [1.82, 2.24) is 0 Å². The molecule has 4 heteroatoms. The first-order chi connectivity index (χ1) is 12.0. The zero-order chi connectivity index (χ0) is 17.9. The summed E-state index contributed by atoms with van der Waals surface area (Å²) in [7, 11) is 1.72. The molecule has 0 aromatic carbocycles. The zero-order valence-corrected chi connectivity index (χ0v) is 16.7. The third-order valence-corrected chi connectivity index (χ3v) is 7.09. The van der Waals surface area contributed by atoms with Gasteiger partial charge in [0.05, 0.1) is 25.4 Å². The average molecular weight is 355 g/mol. The molecule has 2 aliphatic carbocycles. The first kappa shape index (κ1) is 19.6. The van der Waals surface area contributed by atoms with Gasteiger partial charge in [0, 0.05) is 7.11 Å². The van der Waals surface area contributed by atoms with Crippen molar-refractivity contribution in [2.75, 3.05) is 20.3 Å². The summed E-state index contributed by atoms with van der Waals surface area (Å²) in [6.07, 6.45) is 11.2. The molecule has 25 heavy (non-hydrogen) atoms. The minimum atomic E-state index is -0.0779. The molecule has 3 aliphatic rings. The summed E-state index contributed by atoms with van der Waals surface area (Å²) in [5.74, 6) is 1.66. The minimum absolute atomic E-state index is 0.0779. The molecule has 0 N–H and O–H groups in total. The largest absolute Gasteiger partial charge is 0.375 e. The highest BCUT2D eigenvalue weighted by Gasteiger charge is 2.41. The van der Waals surface area contributed by atoms with E-state index in [0.717, 1.165) is 25.0 Å². The van der Waals surface area contributed by atoms with Crippen LogP contribution in [0, 0.1) is 17.3 Å². The van der Waals surface area contributed by atoms with Crippen molar-refractivity contribution in [1.29, 1.82) is 0 Å². The van der Waals surface area contributed by atoms with Crippen molar-refractivity contribution >= 4 is 0 Å². The van der Waals surface area contributed by atoms with Gasteiger partial charge in [-0.2, -0.15) is 0 Å². The van der Waals surface area contributed by atoms with Gasteiger partial charge in [0.25, 0.3) is 0 Å². The van der Waals surface area contributed by atoms with Crippen LogP contribution in [0.1, 0.15) is 72.1 Å². The van der Waals surface area contributed by atoms with Gasteiger partial charge in [0.2, 0.25) is 0 Å². The lowest BCUT2D eigenvalue weighted by atomic mass is 9.60. The molecule has 0 amide bonds. The molecule has 3 rings (SSSR count). The number of hydrogen-bond donors (Lipinski definition) is 0. The van der Waals surface area contributed by atoms with Gasteiger partial charge in [-0.1, -0.05) is 13.8 Å². The molecule has 0 bridgehead atoms. The second-order valence-electron chi connectivity index (χ2n) is 9.00. The van der Waals surface area contributed by atoms with Gasteiger partial charge in [-0.15, -0.1) is 0 Å². The van der Waals surface area contributed by atoms with Gasteiger partial charge in [-0.05, 0) is 75.5 Å². The van der Waals surface area contributed by atoms with Crippen molar-refractivity contribution < 1.29 is 18.9 Å². The molecule has 2 atom stereocenters. The predicted octanol–water partition coefficient (Wildman–Crippen LogP) is 4.55. The Hall–Kier alpha value is -0.160. The normalized spacial score (nSPS) is 37.7. The monoisotopic (exact) mass is 354 g/mol. The summed E-state index contributed by atoms with van der Waals surface area (Å²) in [5.41, 5.74) is 0.433. The van der Waals surface area contributed by atoms with E-state index in [1.807, 2.05) is 6.92 Å². The Labute approximate surface area is 153 Å². The lowest BCUT2D eigenvalue weighted by molar-refractivity contribution is -0.156. The molecule has 2 unspecified atom stereocenters. The number of hydrogen-bond acceptors (Lipinski definition) is 4. The van der Waals surface area contributed by atoms with E-state index < -0.39 is 0 Å². The molecule has 1 saturated heterocycles. The number of epoxide rings is 1. The summed E-state index contributed by atoms with van der Waals surface area (Å²) >= 11 is 0. The van der Waals surface area contributed by atoms with E-state index in [0.29, 0.717) is 23.7 Å². The smallest absolute Gasteiger partial charge is 0.154 e. The molecule has 2 saturated carbocycles. The third-order valence-electron chi connectivity index (χ3n) is 7.09. The number of ether oxygens (including phenoxy) is 4. The van der Waals surface area contributed by atoms with Crippen LogP contribution in [0.15, 0.2) is 0 Å². The molecule has 0 radical (unpaired) electrons. The van der Waals surface area contributed by atoms with Crippen molar-refractivity contribution in [3.63, 3.8) is 0 Å². The molecule has 0 spiro atoms. The van der Waals surface area contributed by atoms with Crippen molar-refractivity contribution in [2.24, 2.45) is 17.3 Å². The topological polar surface area (TPSA) is 40.2 Å². The van der Waals surface area contributed by atoms with E-state index in [1.54, 1.807) is 7.11 Å². The van der Waals surface area contributed by atoms with Crippen LogP contribution < -0.4 is 0 Å². The van der Waals surface area contributed by atoms with Gasteiger partial charge in [0.15, 0.2) is 6.29 Å². The number of methoxy groups -OCH3 is 1. The van der Waals surface area contributed by atoms with Crippen LogP contribution in [0.5, 0.6) is 0 Å². The lowest BCUT2D eigenvalue weighted by Crippen LogP contribution is -2.39. The average Bonchev–Trinajstić information content (AvgIpc) is 3.45. The second kappa shape index (κ2) is 8.69. The number of rotatable bonds is 8. The maximum Gasteiger partial charge on any atom is 0.154 e.